The van der Waals surface area contributed by atoms with E-state index in [1.807, 2.05) is 42.5 Å². The van der Waals surface area contributed by atoms with Gasteiger partial charge in [-0.05, 0) is 72.2 Å². The van der Waals surface area contributed by atoms with Crippen molar-refractivity contribution in [3.05, 3.63) is 142 Å². The summed E-state index contributed by atoms with van der Waals surface area (Å²) in [5.74, 6) is -6.63. The molecular weight excluding hydrogens is 719 g/mol. The van der Waals surface area contributed by atoms with Crippen LogP contribution in [0.3, 0.4) is 0 Å². The number of fused-ring (bicyclic) bond motifs is 4. The fourth-order valence-corrected chi connectivity index (χ4v) is 9.53. The Morgan fingerprint density at radius 1 is 0.907 bits per heavy atom. The van der Waals surface area contributed by atoms with Gasteiger partial charge < -0.3 is 5.11 Å². The van der Waals surface area contributed by atoms with Gasteiger partial charge in [-0.3, -0.25) is 24.2 Å². The SMILES string of the molecule is Cc1cc(C2C3=CCC4C(=O)N(N(C)c5nc(C(F)(F)F)ccc5Cl)C(=O)C4C3CC3C(=O)C(c4ccccc4)=CC(=O)C32c2ccccc2)ccc1O. The number of aromatic hydroxyl groups is 1. The zero-order valence-electron chi connectivity index (χ0n) is 29.0. The number of aromatic nitrogens is 1. The average molecular weight is 752 g/mol. The zero-order chi connectivity index (χ0) is 38.3. The van der Waals surface area contributed by atoms with E-state index in [9.17, 15) is 27.9 Å². The maximum absolute atomic E-state index is 15.1. The molecule has 2 fully saturated rings. The van der Waals surface area contributed by atoms with Crippen molar-refractivity contribution in [2.75, 3.05) is 12.1 Å². The second-order valence-electron chi connectivity index (χ2n) is 14.3. The lowest BCUT2D eigenvalue weighted by Crippen LogP contribution is -2.59. The van der Waals surface area contributed by atoms with Crippen molar-refractivity contribution in [1.29, 1.82) is 0 Å². The summed E-state index contributed by atoms with van der Waals surface area (Å²) in [6.45, 7) is 1.73. The number of rotatable bonds is 5. The lowest BCUT2D eigenvalue weighted by atomic mass is 9.44. The van der Waals surface area contributed by atoms with Crippen molar-refractivity contribution in [2.24, 2.45) is 23.7 Å². The van der Waals surface area contributed by atoms with Gasteiger partial charge in [0.25, 0.3) is 11.8 Å². The third kappa shape index (κ3) is 5.23. The van der Waals surface area contributed by atoms with E-state index in [-0.39, 0.29) is 40.8 Å². The van der Waals surface area contributed by atoms with Gasteiger partial charge >= 0.3 is 6.18 Å². The molecule has 274 valence electrons. The van der Waals surface area contributed by atoms with Crippen molar-refractivity contribution in [2.45, 2.75) is 37.3 Å². The highest BCUT2D eigenvalue weighted by molar-refractivity contribution is 6.33. The highest BCUT2D eigenvalue weighted by Gasteiger charge is 2.66. The molecule has 0 spiro atoms. The summed E-state index contributed by atoms with van der Waals surface area (Å²) in [6, 6.07) is 24.8. The van der Waals surface area contributed by atoms with Crippen molar-refractivity contribution in [3.8, 4) is 5.75 Å². The molecule has 2 amide bonds. The highest BCUT2D eigenvalue weighted by atomic mass is 35.5. The summed E-state index contributed by atoms with van der Waals surface area (Å²) >= 11 is 6.31. The van der Waals surface area contributed by atoms with Crippen LogP contribution in [0.2, 0.25) is 5.02 Å². The van der Waals surface area contributed by atoms with Crippen LogP contribution in [0.5, 0.6) is 5.75 Å². The molecule has 1 saturated carbocycles. The number of alkyl halides is 3. The predicted octanol–water partition coefficient (Wildman–Crippen LogP) is 7.64. The molecular formula is C42H33ClF3N3O5. The third-order valence-electron chi connectivity index (χ3n) is 11.6. The third-order valence-corrected chi connectivity index (χ3v) is 11.9. The smallest absolute Gasteiger partial charge is 0.433 e. The van der Waals surface area contributed by atoms with Crippen molar-refractivity contribution < 1.29 is 37.5 Å². The first-order valence-corrected chi connectivity index (χ1v) is 17.9. The molecule has 1 N–H and O–H groups in total. The Labute approximate surface area is 313 Å². The fourth-order valence-electron chi connectivity index (χ4n) is 9.30. The van der Waals surface area contributed by atoms with Crippen molar-refractivity contribution in [3.63, 3.8) is 0 Å². The van der Waals surface area contributed by atoms with Gasteiger partial charge in [-0.25, -0.2) is 4.98 Å². The van der Waals surface area contributed by atoms with Crippen LogP contribution < -0.4 is 5.01 Å². The standard InChI is InChI=1S/C42H33ClF3N3O5/c1-22-19-24(13-17-32(22)50)36-26-14-15-27-35(40(54)49(39(27)53)48(2)38-31(43)16-18-33(47-38)42(44,45)46)29(26)20-30-37(52)28(23-9-5-3-6-10-23)21-34(51)41(30,36)25-11-7-4-8-12-25/h3-14,16-19,21,27,29-30,35-36,50H,15,20H2,1-2H3. The molecule has 8 rings (SSSR count). The number of nitrogens with zero attached hydrogens (tertiary/aromatic N) is 3. The Hall–Kier alpha value is -5.55. The summed E-state index contributed by atoms with van der Waals surface area (Å²) in [7, 11) is 1.26. The number of imide groups is 1. The Morgan fingerprint density at radius 3 is 2.26 bits per heavy atom. The molecule has 2 heterocycles. The predicted molar refractivity (Wildman–Crippen MR) is 194 cm³/mol. The highest BCUT2D eigenvalue weighted by Crippen LogP contribution is 2.64. The normalized spacial score (nSPS) is 26.5. The first kappa shape index (κ1) is 35.5. The second kappa shape index (κ2) is 12.8. The molecule has 0 bridgehead atoms. The fraction of sp³-hybridized carbons (Fsp3) is 0.262. The minimum Gasteiger partial charge on any atom is -0.508 e. The second-order valence-corrected chi connectivity index (χ2v) is 14.8. The van der Waals surface area contributed by atoms with Gasteiger partial charge in [-0.15, -0.1) is 0 Å². The molecule has 1 aromatic heterocycles. The van der Waals surface area contributed by atoms with Crippen LogP contribution in [-0.2, 0) is 30.8 Å². The van der Waals surface area contributed by atoms with E-state index in [1.165, 1.54) is 13.1 Å². The number of halogens is 4. The lowest BCUT2D eigenvalue weighted by Gasteiger charge is -2.55. The van der Waals surface area contributed by atoms with Crippen LogP contribution >= 0.6 is 11.6 Å². The van der Waals surface area contributed by atoms with E-state index in [4.69, 9.17) is 11.6 Å². The Morgan fingerprint density at radius 2 is 1.59 bits per heavy atom. The van der Waals surface area contributed by atoms with E-state index in [0.29, 0.717) is 27.8 Å². The van der Waals surface area contributed by atoms with Gasteiger partial charge in [-0.1, -0.05) is 96.0 Å². The van der Waals surface area contributed by atoms with Gasteiger partial charge in [0.05, 0.1) is 22.3 Å². The number of hydrogen-bond donors (Lipinski definition) is 1. The largest absolute Gasteiger partial charge is 0.508 e. The van der Waals surface area contributed by atoms with Crippen LogP contribution in [0.4, 0.5) is 19.0 Å². The number of Topliss-reactive ketones (excluding diaryl/α,β-unsaturated/α-hetero) is 1. The number of carbonyl (C=O) groups is 4. The molecule has 3 aliphatic carbocycles. The molecule has 4 aliphatic rings. The lowest BCUT2D eigenvalue weighted by molar-refractivity contribution is -0.141. The van der Waals surface area contributed by atoms with Crippen molar-refractivity contribution >= 4 is 46.4 Å². The van der Waals surface area contributed by atoms with Gasteiger partial charge in [0.1, 0.15) is 11.4 Å². The van der Waals surface area contributed by atoms with Crippen LogP contribution in [0.25, 0.3) is 5.57 Å². The molecule has 3 aromatic carbocycles. The number of carbonyl (C=O) groups excluding carboxylic acids is 4. The maximum atomic E-state index is 15.1. The summed E-state index contributed by atoms with van der Waals surface area (Å²) in [5, 5.41) is 12.1. The first-order chi connectivity index (χ1) is 25.7. The number of phenols is 1. The minimum atomic E-state index is -4.81. The molecule has 4 aromatic rings. The Bertz CT molecular complexity index is 2310. The number of aryl methyl sites for hydroxylation is 1. The van der Waals surface area contributed by atoms with Gasteiger partial charge in [-0.2, -0.15) is 18.2 Å². The number of benzene rings is 3. The number of ketones is 2. The van der Waals surface area contributed by atoms with E-state index in [1.54, 1.807) is 49.4 Å². The summed E-state index contributed by atoms with van der Waals surface area (Å²) in [6.07, 6.45) is -1.34. The Balaban J connectivity index is 1.30. The van der Waals surface area contributed by atoms with E-state index in [0.717, 1.165) is 22.2 Å². The molecule has 0 radical (unpaired) electrons. The van der Waals surface area contributed by atoms with E-state index in [2.05, 4.69) is 4.98 Å². The number of phenolic OH excluding ortho intramolecular Hbond substituents is 1. The van der Waals surface area contributed by atoms with Gasteiger partial charge in [0.2, 0.25) is 0 Å². The molecule has 1 aliphatic heterocycles. The quantitative estimate of drug-likeness (QED) is 0.165. The molecule has 6 atom stereocenters. The van der Waals surface area contributed by atoms with Crippen LogP contribution in [0, 0.1) is 30.6 Å². The molecule has 8 nitrogen and oxygen atoms in total. The van der Waals surface area contributed by atoms with Gasteiger partial charge in [0.15, 0.2) is 17.4 Å². The van der Waals surface area contributed by atoms with Crippen LogP contribution in [0.1, 0.15) is 46.7 Å². The summed E-state index contributed by atoms with van der Waals surface area (Å²) in [4.78, 5) is 62.6. The van der Waals surface area contributed by atoms with Crippen molar-refractivity contribution in [1.82, 2.24) is 9.99 Å². The maximum Gasteiger partial charge on any atom is 0.433 e. The minimum absolute atomic E-state index is 0.0449. The summed E-state index contributed by atoms with van der Waals surface area (Å²) < 4.78 is 41.0. The van der Waals surface area contributed by atoms with E-state index < -0.39 is 64.5 Å². The number of amides is 2. The average Bonchev–Trinajstić information content (AvgIpc) is 3.42. The number of hydrazine groups is 1. The summed E-state index contributed by atoms with van der Waals surface area (Å²) in [5.41, 5.74) is 0.650. The monoisotopic (exact) mass is 751 g/mol. The number of hydrogen-bond acceptors (Lipinski definition) is 7. The number of pyridine rings is 1. The topological polar surface area (TPSA) is 108 Å². The zero-order valence-corrected chi connectivity index (χ0v) is 29.8. The molecule has 54 heavy (non-hydrogen) atoms. The number of allylic oxidation sites excluding steroid dienone is 4. The molecule has 12 heteroatoms. The van der Waals surface area contributed by atoms with Crippen LogP contribution in [0.15, 0.2) is 109 Å². The first-order valence-electron chi connectivity index (χ1n) is 17.5. The Kier molecular flexibility index (Phi) is 8.41. The van der Waals surface area contributed by atoms with E-state index >= 15 is 9.59 Å². The molecule has 6 unspecified atom stereocenters. The number of anilines is 1. The van der Waals surface area contributed by atoms with Crippen LogP contribution in [-0.4, -0.2) is 45.5 Å². The van der Waals surface area contributed by atoms with Gasteiger partial charge in [0, 0.05) is 24.5 Å². The molecule has 1 saturated heterocycles.